The number of hydrogen-bond donors (Lipinski definition) is 0. The van der Waals surface area contributed by atoms with Crippen molar-refractivity contribution in [1.29, 1.82) is 0 Å². The first-order chi connectivity index (χ1) is 8.85. The lowest BCUT2D eigenvalue weighted by atomic mass is 10.4. The van der Waals surface area contributed by atoms with Crippen LogP contribution in [0.25, 0.3) is 0 Å². The highest BCUT2D eigenvalue weighted by molar-refractivity contribution is 5.01. The normalized spacial score (nSPS) is 9.56. The Morgan fingerprint density at radius 3 is 1.94 bits per heavy atom. The molecule has 0 amide bonds. The fourth-order valence-electron chi connectivity index (χ4n) is 1.08. The molecular formula is C14H23NO3. The van der Waals surface area contributed by atoms with Gasteiger partial charge in [-0.15, -0.1) is 0 Å². The van der Waals surface area contributed by atoms with Gasteiger partial charge in [-0.05, 0) is 13.1 Å². The maximum Gasteiger partial charge on any atom is 0.149 e. The molecule has 102 valence electrons. The summed E-state index contributed by atoms with van der Waals surface area (Å²) in [5.41, 5.74) is 0. The summed E-state index contributed by atoms with van der Waals surface area (Å²) >= 11 is 0. The van der Waals surface area contributed by atoms with E-state index in [4.69, 9.17) is 14.2 Å². The molecule has 0 spiro atoms. The summed E-state index contributed by atoms with van der Waals surface area (Å²) < 4.78 is 15.1. The van der Waals surface area contributed by atoms with Crippen LogP contribution in [0.3, 0.4) is 0 Å². The zero-order valence-corrected chi connectivity index (χ0v) is 11.6. The van der Waals surface area contributed by atoms with E-state index in [1.807, 2.05) is 0 Å². The van der Waals surface area contributed by atoms with Crippen molar-refractivity contribution >= 4 is 0 Å². The SMILES string of the molecule is CCN(CC)CC#CCOCOCC#CCOC. The second kappa shape index (κ2) is 14.0. The van der Waals surface area contributed by atoms with Crippen molar-refractivity contribution in [3.8, 4) is 23.7 Å². The highest BCUT2D eigenvalue weighted by Crippen LogP contribution is 1.83. The molecule has 0 aliphatic rings. The Hall–Kier alpha value is -1.04. The van der Waals surface area contributed by atoms with Crippen molar-refractivity contribution in [2.24, 2.45) is 0 Å². The van der Waals surface area contributed by atoms with Crippen LogP contribution in [0.2, 0.25) is 0 Å². The molecule has 4 heteroatoms. The predicted octanol–water partition coefficient (Wildman–Crippen LogP) is 0.972. The van der Waals surface area contributed by atoms with Gasteiger partial charge < -0.3 is 14.2 Å². The monoisotopic (exact) mass is 253 g/mol. The summed E-state index contributed by atoms with van der Waals surface area (Å²) in [6.07, 6.45) is 0. The maximum absolute atomic E-state index is 5.18. The zero-order valence-electron chi connectivity index (χ0n) is 11.6. The highest BCUT2D eigenvalue weighted by atomic mass is 16.7. The summed E-state index contributed by atoms with van der Waals surface area (Å²) in [5, 5.41) is 0. The summed E-state index contributed by atoms with van der Waals surface area (Å²) in [6, 6.07) is 0. The summed E-state index contributed by atoms with van der Waals surface area (Å²) in [4.78, 5) is 2.24. The molecule has 18 heavy (non-hydrogen) atoms. The first-order valence-corrected chi connectivity index (χ1v) is 6.13. The molecule has 0 atom stereocenters. The van der Waals surface area contributed by atoms with Crippen LogP contribution in [0.15, 0.2) is 0 Å². The van der Waals surface area contributed by atoms with Gasteiger partial charge in [-0.1, -0.05) is 37.5 Å². The molecule has 0 fully saturated rings. The lowest BCUT2D eigenvalue weighted by Gasteiger charge is -2.13. The minimum Gasteiger partial charge on any atom is -0.372 e. The summed E-state index contributed by atoms with van der Waals surface area (Å²) in [6.45, 7) is 8.50. The third-order valence-electron chi connectivity index (χ3n) is 2.18. The molecule has 0 N–H and O–H groups in total. The Bertz CT molecular complexity index is 292. The molecule has 0 rings (SSSR count). The Morgan fingerprint density at radius 1 is 0.833 bits per heavy atom. The van der Waals surface area contributed by atoms with Crippen molar-refractivity contribution in [3.63, 3.8) is 0 Å². The van der Waals surface area contributed by atoms with Gasteiger partial charge in [-0.25, -0.2) is 0 Å². The average molecular weight is 253 g/mol. The van der Waals surface area contributed by atoms with Crippen molar-refractivity contribution in [1.82, 2.24) is 4.90 Å². The second-order valence-electron chi connectivity index (χ2n) is 3.42. The van der Waals surface area contributed by atoms with E-state index in [1.165, 1.54) is 0 Å². The van der Waals surface area contributed by atoms with Gasteiger partial charge >= 0.3 is 0 Å². The van der Waals surface area contributed by atoms with Gasteiger partial charge in [0.1, 0.15) is 26.6 Å². The van der Waals surface area contributed by atoms with E-state index in [9.17, 15) is 0 Å². The molecule has 0 aromatic heterocycles. The molecule has 0 saturated carbocycles. The molecule has 0 saturated heterocycles. The Morgan fingerprint density at radius 2 is 1.39 bits per heavy atom. The fourth-order valence-corrected chi connectivity index (χ4v) is 1.08. The van der Waals surface area contributed by atoms with Gasteiger partial charge in [-0.3, -0.25) is 4.90 Å². The topological polar surface area (TPSA) is 30.9 Å². The number of methoxy groups -OCH3 is 1. The molecule has 0 aliphatic carbocycles. The van der Waals surface area contributed by atoms with Crippen molar-refractivity contribution in [3.05, 3.63) is 0 Å². The standard InChI is InChI=1S/C14H23NO3/c1-4-15(5-2)10-6-7-12-17-14-18-13-9-8-11-16-3/h4-5,10-14H2,1-3H3. The summed E-state index contributed by atoms with van der Waals surface area (Å²) in [7, 11) is 1.61. The maximum atomic E-state index is 5.18. The van der Waals surface area contributed by atoms with Crippen LogP contribution in [0.4, 0.5) is 0 Å². The third kappa shape index (κ3) is 11.4. The third-order valence-corrected chi connectivity index (χ3v) is 2.18. The lowest BCUT2D eigenvalue weighted by Crippen LogP contribution is -2.22. The quantitative estimate of drug-likeness (QED) is 0.366. The molecule has 0 aliphatic heterocycles. The lowest BCUT2D eigenvalue weighted by molar-refractivity contribution is -0.0294. The van der Waals surface area contributed by atoms with E-state index in [1.54, 1.807) is 7.11 Å². The molecular weight excluding hydrogens is 230 g/mol. The molecule has 0 heterocycles. The van der Waals surface area contributed by atoms with Gasteiger partial charge in [-0.2, -0.15) is 0 Å². The molecule has 4 nitrogen and oxygen atoms in total. The smallest absolute Gasteiger partial charge is 0.149 e. The summed E-state index contributed by atoms with van der Waals surface area (Å²) in [5.74, 6) is 11.6. The number of nitrogens with zero attached hydrogens (tertiary/aromatic N) is 1. The minimum absolute atomic E-state index is 0.224. The van der Waals surface area contributed by atoms with Gasteiger partial charge in [0, 0.05) is 7.11 Å². The van der Waals surface area contributed by atoms with Gasteiger partial charge in [0.05, 0.1) is 6.54 Å². The van der Waals surface area contributed by atoms with E-state index in [-0.39, 0.29) is 6.79 Å². The van der Waals surface area contributed by atoms with Gasteiger partial charge in [0.2, 0.25) is 0 Å². The molecule has 0 radical (unpaired) electrons. The molecule has 0 aromatic carbocycles. The van der Waals surface area contributed by atoms with Crippen LogP contribution >= 0.6 is 0 Å². The first-order valence-electron chi connectivity index (χ1n) is 6.13. The van der Waals surface area contributed by atoms with E-state index in [2.05, 4.69) is 42.4 Å². The van der Waals surface area contributed by atoms with E-state index < -0.39 is 0 Å². The van der Waals surface area contributed by atoms with E-state index in [0.29, 0.717) is 19.8 Å². The van der Waals surface area contributed by atoms with E-state index >= 15 is 0 Å². The van der Waals surface area contributed by atoms with Crippen LogP contribution in [-0.4, -0.2) is 58.3 Å². The first kappa shape index (κ1) is 17.0. The fraction of sp³-hybridized carbons (Fsp3) is 0.714. The van der Waals surface area contributed by atoms with Crippen LogP contribution in [0, 0.1) is 23.7 Å². The average Bonchev–Trinajstić information content (AvgIpc) is 2.40. The largest absolute Gasteiger partial charge is 0.372 e. The number of rotatable bonds is 8. The predicted molar refractivity (Wildman–Crippen MR) is 72.0 cm³/mol. The van der Waals surface area contributed by atoms with E-state index in [0.717, 1.165) is 19.6 Å². The van der Waals surface area contributed by atoms with Crippen molar-refractivity contribution < 1.29 is 14.2 Å². The van der Waals surface area contributed by atoms with Crippen molar-refractivity contribution in [2.45, 2.75) is 13.8 Å². The number of ether oxygens (including phenoxy) is 3. The van der Waals surface area contributed by atoms with Crippen molar-refractivity contribution in [2.75, 3.05) is 53.4 Å². The van der Waals surface area contributed by atoms with Crippen LogP contribution in [-0.2, 0) is 14.2 Å². The van der Waals surface area contributed by atoms with Gasteiger partial charge in [0.25, 0.3) is 0 Å². The Kier molecular flexibility index (Phi) is 13.2. The van der Waals surface area contributed by atoms with Crippen LogP contribution in [0.5, 0.6) is 0 Å². The molecule has 0 bridgehead atoms. The van der Waals surface area contributed by atoms with Crippen LogP contribution < -0.4 is 0 Å². The molecule has 0 unspecified atom stereocenters. The highest BCUT2D eigenvalue weighted by Gasteiger charge is 1.92. The van der Waals surface area contributed by atoms with Gasteiger partial charge in [0.15, 0.2) is 0 Å². The van der Waals surface area contributed by atoms with Crippen LogP contribution in [0.1, 0.15) is 13.8 Å². The second-order valence-corrected chi connectivity index (χ2v) is 3.42. The molecule has 0 aromatic rings. The number of hydrogen-bond acceptors (Lipinski definition) is 4. The minimum atomic E-state index is 0.224. The Balaban J connectivity index is 3.35. The Labute approximate surface area is 111 Å². The zero-order chi connectivity index (χ0) is 13.5.